The van der Waals surface area contributed by atoms with Gasteiger partial charge in [0.1, 0.15) is 0 Å². The lowest BCUT2D eigenvalue weighted by Gasteiger charge is -2.31. The van der Waals surface area contributed by atoms with Gasteiger partial charge >= 0.3 is 0 Å². The van der Waals surface area contributed by atoms with Crippen molar-refractivity contribution in [1.82, 2.24) is 20.2 Å². The molecule has 0 radical (unpaired) electrons. The summed E-state index contributed by atoms with van der Waals surface area (Å²) in [5.41, 5.74) is 8.84. The van der Waals surface area contributed by atoms with E-state index in [1.165, 1.54) is 0 Å². The van der Waals surface area contributed by atoms with E-state index in [0.717, 1.165) is 36.2 Å². The van der Waals surface area contributed by atoms with Crippen molar-refractivity contribution >= 4 is 5.69 Å². The Labute approximate surface area is 120 Å². The summed E-state index contributed by atoms with van der Waals surface area (Å²) in [6.45, 7) is 8.58. The number of anilines is 1. The molecule has 0 atom stereocenters. The molecule has 1 heterocycles. The van der Waals surface area contributed by atoms with Crippen LogP contribution in [-0.2, 0) is 5.54 Å². The molecule has 5 nitrogen and oxygen atoms in total. The molecule has 0 spiro atoms. The van der Waals surface area contributed by atoms with Crippen molar-refractivity contribution in [2.45, 2.75) is 52.5 Å². The molecule has 5 heteroatoms. The highest BCUT2D eigenvalue weighted by molar-refractivity contribution is 5.72. The van der Waals surface area contributed by atoms with Crippen LogP contribution in [-0.4, -0.2) is 20.2 Å². The minimum absolute atomic E-state index is 0.0466. The number of aromatic nitrogens is 4. The molecule has 0 aliphatic rings. The Balaban J connectivity index is 2.61. The third kappa shape index (κ3) is 2.28. The third-order valence-electron chi connectivity index (χ3n) is 4.34. The minimum atomic E-state index is -0.0466. The van der Waals surface area contributed by atoms with Crippen LogP contribution in [0.5, 0.6) is 0 Å². The molecular weight excluding hydrogens is 250 g/mol. The first-order chi connectivity index (χ1) is 9.57. The van der Waals surface area contributed by atoms with Crippen LogP contribution >= 0.6 is 0 Å². The molecule has 1 aromatic heterocycles. The van der Waals surface area contributed by atoms with Gasteiger partial charge in [-0.3, -0.25) is 0 Å². The first kappa shape index (κ1) is 14.5. The van der Waals surface area contributed by atoms with E-state index in [0.29, 0.717) is 5.69 Å². The van der Waals surface area contributed by atoms with Gasteiger partial charge < -0.3 is 5.73 Å². The van der Waals surface area contributed by atoms with Crippen molar-refractivity contribution in [3.63, 3.8) is 0 Å². The summed E-state index contributed by atoms with van der Waals surface area (Å²) >= 11 is 0. The van der Waals surface area contributed by atoms with E-state index >= 15 is 0 Å². The third-order valence-corrected chi connectivity index (χ3v) is 4.34. The monoisotopic (exact) mass is 273 g/mol. The van der Waals surface area contributed by atoms with Gasteiger partial charge in [0.05, 0.1) is 5.54 Å². The molecule has 0 amide bonds. The molecular formula is C15H23N5. The van der Waals surface area contributed by atoms with Crippen molar-refractivity contribution < 1.29 is 0 Å². The topological polar surface area (TPSA) is 69.6 Å². The lowest BCUT2D eigenvalue weighted by atomic mass is 9.89. The number of nitrogen functional groups attached to an aromatic ring is 1. The quantitative estimate of drug-likeness (QED) is 0.849. The van der Waals surface area contributed by atoms with Crippen LogP contribution in [0.4, 0.5) is 5.69 Å². The standard InChI is InChI=1S/C15H23N5/c1-5-15(6-2,7-3)20-14(17-18-19-20)12-10-11(4)8-9-13(12)16/h8-10H,5-7,16H2,1-4H3. The van der Waals surface area contributed by atoms with Crippen molar-refractivity contribution in [2.75, 3.05) is 5.73 Å². The van der Waals surface area contributed by atoms with Crippen molar-refractivity contribution in [2.24, 2.45) is 0 Å². The maximum atomic E-state index is 6.11. The van der Waals surface area contributed by atoms with Crippen LogP contribution in [0.3, 0.4) is 0 Å². The molecule has 0 saturated heterocycles. The van der Waals surface area contributed by atoms with Crippen molar-refractivity contribution in [3.05, 3.63) is 23.8 Å². The molecule has 2 N–H and O–H groups in total. The summed E-state index contributed by atoms with van der Waals surface area (Å²) in [6, 6.07) is 5.96. The molecule has 0 saturated carbocycles. The number of hydrogen-bond acceptors (Lipinski definition) is 4. The number of hydrogen-bond donors (Lipinski definition) is 1. The van der Waals surface area contributed by atoms with Gasteiger partial charge in [-0.2, -0.15) is 0 Å². The first-order valence-electron chi connectivity index (χ1n) is 7.23. The normalized spacial score (nSPS) is 11.8. The molecule has 0 fully saturated rings. The summed E-state index contributed by atoms with van der Waals surface area (Å²) < 4.78 is 1.96. The average Bonchev–Trinajstić information content (AvgIpc) is 2.94. The second-order valence-electron chi connectivity index (χ2n) is 5.29. The number of tetrazole rings is 1. The van der Waals surface area contributed by atoms with Crippen molar-refractivity contribution in [3.8, 4) is 11.4 Å². The highest BCUT2D eigenvalue weighted by Gasteiger charge is 2.31. The zero-order valence-electron chi connectivity index (χ0n) is 12.7. The fourth-order valence-corrected chi connectivity index (χ4v) is 2.74. The molecule has 20 heavy (non-hydrogen) atoms. The SMILES string of the molecule is CCC(CC)(CC)n1nnnc1-c1cc(C)ccc1N. The zero-order chi connectivity index (χ0) is 14.8. The largest absolute Gasteiger partial charge is 0.398 e. The highest BCUT2D eigenvalue weighted by Crippen LogP contribution is 2.33. The van der Waals surface area contributed by atoms with E-state index in [1.807, 2.05) is 29.8 Å². The predicted molar refractivity (Wildman–Crippen MR) is 81.2 cm³/mol. The van der Waals surface area contributed by atoms with Gasteiger partial charge in [-0.15, -0.1) is 5.10 Å². The predicted octanol–water partition coefficient (Wildman–Crippen LogP) is 3.16. The number of nitrogens with zero attached hydrogens (tertiary/aromatic N) is 4. The second-order valence-corrected chi connectivity index (χ2v) is 5.29. The van der Waals surface area contributed by atoms with Crippen LogP contribution in [0.2, 0.25) is 0 Å². The number of benzene rings is 1. The Kier molecular flexibility index (Phi) is 4.06. The summed E-state index contributed by atoms with van der Waals surface area (Å²) in [5.74, 6) is 0.761. The number of nitrogens with two attached hydrogens (primary N) is 1. The Bertz CT molecular complexity index is 575. The Morgan fingerprint density at radius 1 is 1.15 bits per heavy atom. The van der Waals surface area contributed by atoms with E-state index in [1.54, 1.807) is 0 Å². The van der Waals surface area contributed by atoms with Crippen LogP contribution in [0, 0.1) is 6.92 Å². The Morgan fingerprint density at radius 2 is 1.80 bits per heavy atom. The van der Waals surface area contributed by atoms with Gasteiger partial charge in [-0.1, -0.05) is 32.4 Å². The highest BCUT2D eigenvalue weighted by atomic mass is 15.6. The minimum Gasteiger partial charge on any atom is -0.398 e. The van der Waals surface area contributed by atoms with Crippen LogP contribution in [0.25, 0.3) is 11.4 Å². The smallest absolute Gasteiger partial charge is 0.184 e. The van der Waals surface area contributed by atoms with E-state index in [2.05, 4.69) is 36.3 Å². The van der Waals surface area contributed by atoms with E-state index < -0.39 is 0 Å². The fraction of sp³-hybridized carbons (Fsp3) is 0.533. The van der Waals surface area contributed by atoms with Gasteiger partial charge in [-0.05, 0) is 48.7 Å². The van der Waals surface area contributed by atoms with E-state index in [-0.39, 0.29) is 5.54 Å². The first-order valence-corrected chi connectivity index (χ1v) is 7.23. The van der Waals surface area contributed by atoms with Gasteiger partial charge in [0, 0.05) is 11.3 Å². The molecule has 0 aliphatic heterocycles. The maximum Gasteiger partial charge on any atom is 0.184 e. The van der Waals surface area contributed by atoms with Crippen LogP contribution < -0.4 is 5.73 Å². The Morgan fingerprint density at radius 3 is 2.40 bits per heavy atom. The van der Waals surface area contributed by atoms with E-state index in [9.17, 15) is 0 Å². The lowest BCUT2D eigenvalue weighted by molar-refractivity contribution is 0.223. The van der Waals surface area contributed by atoms with Gasteiger partial charge in [0.15, 0.2) is 5.82 Å². The van der Waals surface area contributed by atoms with Gasteiger partial charge in [0.2, 0.25) is 0 Å². The lowest BCUT2D eigenvalue weighted by Crippen LogP contribution is -2.33. The summed E-state index contributed by atoms with van der Waals surface area (Å²) in [7, 11) is 0. The maximum absolute atomic E-state index is 6.11. The molecule has 108 valence electrons. The van der Waals surface area contributed by atoms with E-state index in [4.69, 9.17) is 5.73 Å². The van der Waals surface area contributed by atoms with Gasteiger partial charge in [0.25, 0.3) is 0 Å². The molecule has 2 aromatic rings. The Hall–Kier alpha value is -1.91. The number of aryl methyl sites for hydroxylation is 1. The molecule has 1 aromatic carbocycles. The zero-order valence-corrected chi connectivity index (χ0v) is 12.7. The fourth-order valence-electron chi connectivity index (χ4n) is 2.74. The van der Waals surface area contributed by atoms with Crippen LogP contribution in [0.15, 0.2) is 18.2 Å². The average molecular weight is 273 g/mol. The van der Waals surface area contributed by atoms with Crippen LogP contribution in [0.1, 0.15) is 45.6 Å². The van der Waals surface area contributed by atoms with Gasteiger partial charge in [-0.25, -0.2) is 4.68 Å². The molecule has 0 unspecified atom stereocenters. The summed E-state index contributed by atoms with van der Waals surface area (Å²) in [6.07, 6.45) is 2.97. The van der Waals surface area contributed by atoms with Crippen molar-refractivity contribution in [1.29, 1.82) is 0 Å². The molecule has 0 bridgehead atoms. The molecule has 0 aliphatic carbocycles. The summed E-state index contributed by atoms with van der Waals surface area (Å²) in [4.78, 5) is 0. The summed E-state index contributed by atoms with van der Waals surface area (Å²) in [5, 5.41) is 12.4. The second kappa shape index (κ2) is 5.61. The molecule has 2 rings (SSSR count). The number of rotatable bonds is 5.